The molecule has 3 unspecified atom stereocenters. The Kier molecular flexibility index (Phi) is 5.83. The van der Waals surface area contributed by atoms with Crippen molar-refractivity contribution < 1.29 is 14.0 Å². The van der Waals surface area contributed by atoms with Crippen molar-refractivity contribution >= 4 is 35.0 Å². The van der Waals surface area contributed by atoms with Crippen LogP contribution in [0.3, 0.4) is 0 Å². The summed E-state index contributed by atoms with van der Waals surface area (Å²) in [5.41, 5.74) is 7.41. The second-order valence-electron chi connectivity index (χ2n) is 6.05. The maximum Gasteiger partial charge on any atom is 0.255 e. The summed E-state index contributed by atoms with van der Waals surface area (Å²) in [7, 11) is 0. The molecular formula is C17H18Cl2N4O3. The molecule has 0 radical (unpaired) electrons. The quantitative estimate of drug-likeness (QED) is 0.622. The fourth-order valence-electron chi connectivity index (χ4n) is 2.68. The van der Waals surface area contributed by atoms with Crippen LogP contribution >= 0.6 is 23.2 Å². The molecule has 0 saturated carbocycles. The summed E-state index contributed by atoms with van der Waals surface area (Å²) in [5, 5.41) is 6.57. The summed E-state index contributed by atoms with van der Waals surface area (Å²) in [6.07, 6.45) is 3.03. The number of benzene rings is 1. The number of hydrazine groups is 1. The molecule has 1 aliphatic heterocycles. The van der Waals surface area contributed by atoms with Gasteiger partial charge in [0.15, 0.2) is 0 Å². The van der Waals surface area contributed by atoms with E-state index in [-0.39, 0.29) is 24.0 Å². The van der Waals surface area contributed by atoms with Gasteiger partial charge < -0.3 is 15.1 Å². The largest absolute Gasteiger partial charge is 0.472 e. The lowest BCUT2D eigenvalue weighted by atomic mass is 10.0. The van der Waals surface area contributed by atoms with Gasteiger partial charge in [-0.2, -0.15) is 0 Å². The number of furan rings is 1. The lowest BCUT2D eigenvalue weighted by Gasteiger charge is -2.17. The van der Waals surface area contributed by atoms with E-state index in [1.54, 1.807) is 13.0 Å². The minimum absolute atomic E-state index is 0.0488. The Labute approximate surface area is 160 Å². The number of carbonyl (C=O) groups is 2. The highest BCUT2D eigenvalue weighted by Crippen LogP contribution is 2.27. The smallest absolute Gasteiger partial charge is 0.255 e. The van der Waals surface area contributed by atoms with Gasteiger partial charge in [0.2, 0.25) is 5.91 Å². The Bertz CT molecular complexity index is 777. The second kappa shape index (κ2) is 8.09. The van der Waals surface area contributed by atoms with E-state index in [0.717, 1.165) is 5.56 Å². The summed E-state index contributed by atoms with van der Waals surface area (Å²) >= 11 is 12.1. The molecule has 1 fully saturated rings. The number of hydrogen-bond acceptors (Lipinski definition) is 5. The molecule has 0 aliphatic carbocycles. The van der Waals surface area contributed by atoms with Gasteiger partial charge in [-0.15, -0.1) is 0 Å². The van der Waals surface area contributed by atoms with E-state index >= 15 is 0 Å². The highest BCUT2D eigenvalue weighted by atomic mass is 35.5. The van der Waals surface area contributed by atoms with Gasteiger partial charge >= 0.3 is 0 Å². The highest BCUT2D eigenvalue weighted by molar-refractivity contribution is 6.34. The van der Waals surface area contributed by atoms with E-state index in [1.807, 2.05) is 12.1 Å². The molecule has 1 aromatic heterocycles. The second-order valence-corrected chi connectivity index (χ2v) is 6.92. The standard InChI is InChI=1S/C17H18Cl2N4O3/c1-9(20-17(25)10-2-3-26-8-10)16(24)21-15-7-14(22-23-15)11-4-12(18)6-13(19)5-11/h2-6,8-9,14-15,22-23H,7H2,1H3,(H,20,25)(H,21,24). The number of carbonyl (C=O) groups excluding carboxylic acids is 2. The molecule has 3 rings (SSSR count). The van der Waals surface area contributed by atoms with Crippen molar-refractivity contribution in [1.82, 2.24) is 21.5 Å². The minimum Gasteiger partial charge on any atom is -0.472 e. The van der Waals surface area contributed by atoms with Crippen LogP contribution in [0.15, 0.2) is 41.2 Å². The maximum atomic E-state index is 12.3. The number of halogens is 2. The van der Waals surface area contributed by atoms with Crippen molar-refractivity contribution in [3.05, 3.63) is 58.0 Å². The van der Waals surface area contributed by atoms with Gasteiger partial charge in [0.1, 0.15) is 12.3 Å². The predicted octanol–water partition coefficient (Wildman–Crippen LogP) is 2.39. The monoisotopic (exact) mass is 396 g/mol. The van der Waals surface area contributed by atoms with Crippen LogP contribution in [0.4, 0.5) is 0 Å². The summed E-state index contributed by atoms with van der Waals surface area (Å²) in [6, 6.07) is 6.10. The maximum absolute atomic E-state index is 12.3. The normalized spacial score (nSPS) is 20.6. The topological polar surface area (TPSA) is 95.4 Å². The lowest BCUT2D eigenvalue weighted by molar-refractivity contribution is -0.123. The fraction of sp³-hybridized carbons (Fsp3) is 0.294. The number of nitrogens with one attached hydrogen (secondary N) is 4. The SMILES string of the molecule is CC(NC(=O)c1ccoc1)C(=O)NC1CC(c2cc(Cl)cc(Cl)c2)NN1. The zero-order valence-corrected chi connectivity index (χ0v) is 15.4. The average molecular weight is 397 g/mol. The van der Waals surface area contributed by atoms with E-state index in [1.165, 1.54) is 18.6 Å². The van der Waals surface area contributed by atoms with Gasteiger partial charge in [-0.05, 0) is 36.8 Å². The molecule has 2 aromatic rings. The molecule has 4 N–H and O–H groups in total. The molecule has 26 heavy (non-hydrogen) atoms. The summed E-state index contributed by atoms with van der Waals surface area (Å²) < 4.78 is 4.86. The molecule has 1 aliphatic rings. The molecule has 3 atom stereocenters. The molecule has 7 nitrogen and oxygen atoms in total. The van der Waals surface area contributed by atoms with E-state index in [4.69, 9.17) is 27.6 Å². The van der Waals surface area contributed by atoms with Crippen LogP contribution in [0.25, 0.3) is 0 Å². The highest BCUT2D eigenvalue weighted by Gasteiger charge is 2.28. The van der Waals surface area contributed by atoms with Crippen LogP contribution in [0.1, 0.15) is 35.3 Å². The van der Waals surface area contributed by atoms with Crippen LogP contribution in [0.5, 0.6) is 0 Å². The summed E-state index contributed by atoms with van der Waals surface area (Å²) in [4.78, 5) is 24.3. The van der Waals surface area contributed by atoms with E-state index < -0.39 is 6.04 Å². The third kappa shape index (κ3) is 4.56. The van der Waals surface area contributed by atoms with Crippen molar-refractivity contribution in [1.29, 1.82) is 0 Å². The van der Waals surface area contributed by atoms with Gasteiger partial charge in [0, 0.05) is 22.5 Å². The summed E-state index contributed by atoms with van der Waals surface area (Å²) in [5.74, 6) is -0.670. The van der Waals surface area contributed by atoms with E-state index in [0.29, 0.717) is 22.0 Å². The fourth-order valence-corrected chi connectivity index (χ4v) is 3.22. The molecule has 0 bridgehead atoms. The first-order valence-corrected chi connectivity index (χ1v) is 8.78. The lowest BCUT2D eigenvalue weighted by Crippen LogP contribution is -2.51. The molecule has 1 aromatic carbocycles. The van der Waals surface area contributed by atoms with Crippen LogP contribution in [0, 0.1) is 0 Å². The molecule has 9 heteroatoms. The van der Waals surface area contributed by atoms with Gasteiger partial charge in [-0.3, -0.25) is 9.59 Å². The molecule has 1 saturated heterocycles. The Balaban J connectivity index is 1.53. The van der Waals surface area contributed by atoms with Crippen molar-refractivity contribution in [2.24, 2.45) is 0 Å². The molecule has 2 amide bonds. The number of hydrogen-bond donors (Lipinski definition) is 4. The number of rotatable bonds is 5. The van der Waals surface area contributed by atoms with Crippen molar-refractivity contribution in [2.75, 3.05) is 0 Å². The minimum atomic E-state index is -0.695. The van der Waals surface area contributed by atoms with Crippen molar-refractivity contribution in [3.8, 4) is 0 Å². The first kappa shape index (κ1) is 18.7. The van der Waals surface area contributed by atoms with Crippen LogP contribution < -0.4 is 21.5 Å². The first-order valence-electron chi connectivity index (χ1n) is 8.03. The zero-order valence-electron chi connectivity index (χ0n) is 13.9. The predicted molar refractivity (Wildman–Crippen MR) is 97.7 cm³/mol. The molecular weight excluding hydrogens is 379 g/mol. The van der Waals surface area contributed by atoms with Gasteiger partial charge in [-0.25, -0.2) is 10.9 Å². The Morgan fingerprint density at radius 2 is 1.96 bits per heavy atom. The van der Waals surface area contributed by atoms with E-state index in [2.05, 4.69) is 21.5 Å². The molecule has 0 spiro atoms. The molecule has 138 valence electrons. The first-order chi connectivity index (χ1) is 12.4. The Morgan fingerprint density at radius 1 is 1.23 bits per heavy atom. The zero-order chi connectivity index (χ0) is 18.7. The van der Waals surface area contributed by atoms with Crippen LogP contribution in [-0.2, 0) is 4.79 Å². The third-order valence-corrected chi connectivity index (χ3v) is 4.47. The summed E-state index contributed by atoms with van der Waals surface area (Å²) in [6.45, 7) is 1.62. The van der Waals surface area contributed by atoms with Crippen molar-refractivity contribution in [2.45, 2.75) is 31.6 Å². The Hall–Kier alpha value is -2.06. The van der Waals surface area contributed by atoms with Crippen LogP contribution in [-0.4, -0.2) is 24.0 Å². The molecule has 2 heterocycles. The third-order valence-electron chi connectivity index (χ3n) is 4.03. The van der Waals surface area contributed by atoms with Crippen molar-refractivity contribution in [3.63, 3.8) is 0 Å². The number of amides is 2. The Morgan fingerprint density at radius 3 is 2.62 bits per heavy atom. The van der Waals surface area contributed by atoms with Gasteiger partial charge in [0.05, 0.1) is 18.0 Å². The van der Waals surface area contributed by atoms with E-state index in [9.17, 15) is 9.59 Å². The van der Waals surface area contributed by atoms with Gasteiger partial charge in [-0.1, -0.05) is 23.2 Å². The van der Waals surface area contributed by atoms with Gasteiger partial charge in [0.25, 0.3) is 5.91 Å². The van der Waals surface area contributed by atoms with Crippen LogP contribution in [0.2, 0.25) is 10.0 Å². The average Bonchev–Trinajstić information content (AvgIpc) is 3.25.